The van der Waals surface area contributed by atoms with Crippen molar-refractivity contribution in [2.75, 3.05) is 7.11 Å². The van der Waals surface area contributed by atoms with Crippen LogP contribution >= 0.6 is 0 Å². The highest BCUT2D eigenvalue weighted by atomic mass is 16.5. The summed E-state index contributed by atoms with van der Waals surface area (Å²) in [5.74, 6) is 0.613. The highest BCUT2D eigenvalue weighted by molar-refractivity contribution is 6.01. The van der Waals surface area contributed by atoms with Crippen LogP contribution in [0.5, 0.6) is 5.75 Å². The number of ether oxygens (including phenoxy) is 1. The fourth-order valence-corrected chi connectivity index (χ4v) is 3.43. The summed E-state index contributed by atoms with van der Waals surface area (Å²) >= 11 is 0. The van der Waals surface area contributed by atoms with Crippen molar-refractivity contribution < 1.29 is 13.9 Å². The van der Waals surface area contributed by atoms with Crippen molar-refractivity contribution >= 4 is 22.4 Å². The maximum absolute atomic E-state index is 12.2. The van der Waals surface area contributed by atoms with Crippen LogP contribution in [0.15, 0.2) is 47.1 Å². The number of methoxy groups -OCH3 is 1. The highest BCUT2D eigenvalue weighted by Gasteiger charge is 2.18. The maximum atomic E-state index is 12.2. The first-order valence-electron chi connectivity index (χ1n) is 9.46. The zero-order valence-electron chi connectivity index (χ0n) is 17.3. The number of carbonyl (C=O) groups excluding carboxylic acids is 1. The van der Waals surface area contributed by atoms with Crippen LogP contribution in [0.4, 0.5) is 0 Å². The molecule has 1 heterocycles. The van der Waals surface area contributed by atoms with Crippen molar-refractivity contribution in [2.24, 2.45) is 0 Å². The molecule has 0 spiro atoms. The molecule has 1 N–H and O–H groups in total. The van der Waals surface area contributed by atoms with E-state index in [1.165, 1.54) is 5.56 Å². The molecule has 2 aromatic carbocycles. The summed E-state index contributed by atoms with van der Waals surface area (Å²) in [6.45, 7) is 9.86. The van der Waals surface area contributed by atoms with Crippen molar-refractivity contribution in [1.82, 2.24) is 5.32 Å². The van der Waals surface area contributed by atoms with Gasteiger partial charge in [0.15, 0.2) is 0 Å². The minimum absolute atomic E-state index is 0.0877. The van der Waals surface area contributed by atoms with E-state index in [1.54, 1.807) is 19.4 Å². The van der Waals surface area contributed by atoms with Gasteiger partial charge in [-0.05, 0) is 51.8 Å². The van der Waals surface area contributed by atoms with Crippen LogP contribution in [0.25, 0.3) is 27.7 Å². The van der Waals surface area contributed by atoms with E-state index in [0.29, 0.717) is 0 Å². The lowest BCUT2D eigenvalue weighted by molar-refractivity contribution is -0.116. The van der Waals surface area contributed by atoms with E-state index in [9.17, 15) is 4.79 Å². The third kappa shape index (κ3) is 3.81. The molecule has 3 aromatic rings. The Labute approximate surface area is 166 Å². The largest absolute Gasteiger partial charge is 0.496 e. The van der Waals surface area contributed by atoms with Crippen molar-refractivity contribution in [3.63, 3.8) is 0 Å². The first-order chi connectivity index (χ1) is 13.3. The Kier molecular flexibility index (Phi) is 5.59. The number of allylic oxidation sites excluding steroid dienone is 1. The second-order valence-corrected chi connectivity index (χ2v) is 7.47. The molecule has 28 heavy (non-hydrogen) atoms. The Balaban J connectivity index is 2.17. The van der Waals surface area contributed by atoms with Gasteiger partial charge < -0.3 is 14.5 Å². The first-order valence-corrected chi connectivity index (χ1v) is 9.46. The molecule has 0 aliphatic heterocycles. The number of nitrogens with one attached hydrogen (secondary N) is 1. The molecule has 4 heteroatoms. The van der Waals surface area contributed by atoms with Crippen LogP contribution in [-0.2, 0) is 4.79 Å². The molecular weight excluding hydrogens is 350 g/mol. The van der Waals surface area contributed by atoms with E-state index >= 15 is 0 Å². The molecule has 0 bridgehead atoms. The van der Waals surface area contributed by atoms with Crippen LogP contribution in [0, 0.1) is 13.8 Å². The zero-order chi connectivity index (χ0) is 20.4. The van der Waals surface area contributed by atoms with Crippen LogP contribution in [0.3, 0.4) is 0 Å². The molecule has 1 aromatic heterocycles. The summed E-state index contributed by atoms with van der Waals surface area (Å²) in [7, 11) is 1.64. The molecule has 0 aliphatic carbocycles. The van der Waals surface area contributed by atoms with E-state index in [0.717, 1.165) is 44.5 Å². The topological polar surface area (TPSA) is 51.5 Å². The number of fused-ring (bicyclic) bond motifs is 1. The minimum Gasteiger partial charge on any atom is -0.496 e. The SMILES string of the molecule is COc1c(/C(C)=C/C(=O)NC(C)C)cc2c(-c3ccc(C)cc3)coc2c1C. The van der Waals surface area contributed by atoms with Crippen molar-refractivity contribution in [3.8, 4) is 16.9 Å². The zero-order valence-corrected chi connectivity index (χ0v) is 17.3. The Morgan fingerprint density at radius 2 is 1.86 bits per heavy atom. The van der Waals surface area contributed by atoms with Gasteiger partial charge in [0, 0.05) is 34.2 Å². The summed E-state index contributed by atoms with van der Waals surface area (Å²) in [6.07, 6.45) is 3.41. The number of furan rings is 1. The first kappa shape index (κ1) is 19.7. The monoisotopic (exact) mass is 377 g/mol. The van der Waals surface area contributed by atoms with Gasteiger partial charge in [0.1, 0.15) is 11.3 Å². The molecule has 0 aliphatic rings. The lowest BCUT2D eigenvalue weighted by Gasteiger charge is -2.14. The summed E-state index contributed by atoms with van der Waals surface area (Å²) in [6, 6.07) is 10.5. The molecule has 146 valence electrons. The van der Waals surface area contributed by atoms with E-state index in [4.69, 9.17) is 9.15 Å². The summed E-state index contributed by atoms with van der Waals surface area (Å²) in [5.41, 5.74) is 6.80. The summed E-state index contributed by atoms with van der Waals surface area (Å²) in [5, 5.41) is 3.90. The number of rotatable bonds is 5. The number of benzene rings is 2. The highest BCUT2D eigenvalue weighted by Crippen LogP contribution is 2.40. The van der Waals surface area contributed by atoms with Crippen molar-refractivity contribution in [2.45, 2.75) is 40.7 Å². The lowest BCUT2D eigenvalue weighted by Crippen LogP contribution is -2.28. The lowest BCUT2D eigenvalue weighted by atomic mass is 9.96. The number of amides is 1. The number of hydrogen-bond donors (Lipinski definition) is 1. The van der Waals surface area contributed by atoms with Gasteiger partial charge in [0.25, 0.3) is 0 Å². The van der Waals surface area contributed by atoms with E-state index < -0.39 is 0 Å². The molecule has 0 saturated heterocycles. The second kappa shape index (κ2) is 7.93. The summed E-state index contributed by atoms with van der Waals surface area (Å²) in [4.78, 5) is 12.2. The average Bonchev–Trinajstić information content (AvgIpc) is 3.05. The van der Waals surface area contributed by atoms with E-state index in [1.807, 2.05) is 33.8 Å². The Morgan fingerprint density at radius 1 is 1.18 bits per heavy atom. The van der Waals surface area contributed by atoms with Gasteiger partial charge in [-0.2, -0.15) is 0 Å². The van der Waals surface area contributed by atoms with Crippen molar-refractivity contribution in [3.05, 3.63) is 59.4 Å². The van der Waals surface area contributed by atoms with Gasteiger partial charge >= 0.3 is 0 Å². The fraction of sp³-hybridized carbons (Fsp3) is 0.292. The number of hydrogen-bond acceptors (Lipinski definition) is 3. The Bertz CT molecular complexity index is 1040. The number of carbonyl (C=O) groups is 1. The molecule has 0 saturated carbocycles. The van der Waals surface area contributed by atoms with Crippen molar-refractivity contribution in [1.29, 1.82) is 0 Å². The van der Waals surface area contributed by atoms with Gasteiger partial charge in [0.05, 0.1) is 13.4 Å². The third-order valence-electron chi connectivity index (χ3n) is 4.81. The fourth-order valence-electron chi connectivity index (χ4n) is 3.43. The Morgan fingerprint density at radius 3 is 2.46 bits per heavy atom. The predicted molar refractivity (Wildman–Crippen MR) is 115 cm³/mol. The normalized spacial score (nSPS) is 11.9. The predicted octanol–water partition coefficient (Wildman–Crippen LogP) is 5.65. The molecule has 1 amide bonds. The molecule has 0 unspecified atom stereocenters. The van der Waals surface area contributed by atoms with Crippen LogP contribution in [0.2, 0.25) is 0 Å². The van der Waals surface area contributed by atoms with Crippen LogP contribution in [-0.4, -0.2) is 19.1 Å². The molecule has 0 fully saturated rings. The van der Waals surface area contributed by atoms with Gasteiger partial charge in [0.2, 0.25) is 5.91 Å². The smallest absolute Gasteiger partial charge is 0.244 e. The van der Waals surface area contributed by atoms with E-state index in [-0.39, 0.29) is 11.9 Å². The van der Waals surface area contributed by atoms with Gasteiger partial charge in [-0.1, -0.05) is 29.8 Å². The molecule has 3 rings (SSSR count). The Hall–Kier alpha value is -3.01. The molecular formula is C24H27NO3. The quantitative estimate of drug-likeness (QED) is 0.584. The second-order valence-electron chi connectivity index (χ2n) is 7.47. The number of aryl methyl sites for hydroxylation is 2. The maximum Gasteiger partial charge on any atom is 0.244 e. The van der Waals surface area contributed by atoms with Gasteiger partial charge in [-0.3, -0.25) is 4.79 Å². The van der Waals surface area contributed by atoms with E-state index in [2.05, 4.69) is 36.5 Å². The van der Waals surface area contributed by atoms with Crippen LogP contribution < -0.4 is 10.1 Å². The average molecular weight is 377 g/mol. The third-order valence-corrected chi connectivity index (χ3v) is 4.81. The molecule has 4 nitrogen and oxygen atoms in total. The molecule has 0 radical (unpaired) electrons. The van der Waals surface area contributed by atoms with Gasteiger partial charge in [-0.25, -0.2) is 0 Å². The minimum atomic E-state index is -0.113. The van der Waals surface area contributed by atoms with Crippen LogP contribution in [0.1, 0.15) is 37.5 Å². The molecule has 0 atom stereocenters. The summed E-state index contributed by atoms with van der Waals surface area (Å²) < 4.78 is 11.6. The van der Waals surface area contributed by atoms with Gasteiger partial charge in [-0.15, -0.1) is 0 Å². The standard InChI is InChI=1S/C24H27NO3/c1-14(2)25-22(26)11-16(4)19-12-20-21(18-9-7-15(3)8-10-18)13-28-24(20)17(5)23(19)27-6/h7-14H,1-6H3,(H,25,26)/b16-11+.